The van der Waals surface area contributed by atoms with Crippen molar-refractivity contribution in [3.63, 3.8) is 0 Å². The van der Waals surface area contributed by atoms with Crippen LogP contribution < -0.4 is 10.5 Å². The summed E-state index contributed by atoms with van der Waals surface area (Å²) >= 11 is 11.2. The Morgan fingerprint density at radius 3 is 2.43 bits per heavy atom. The Hall–Kier alpha value is -0.690. The van der Waals surface area contributed by atoms with Crippen molar-refractivity contribution >= 4 is 44.9 Å². The molecule has 0 radical (unpaired) electrons. The molecule has 5 nitrogen and oxygen atoms in total. The van der Waals surface area contributed by atoms with Gasteiger partial charge in [-0.2, -0.15) is 8.42 Å². The molecule has 0 aromatic heterocycles. The Morgan fingerprint density at radius 1 is 1.36 bits per heavy atom. The molecule has 4 N–H and O–H groups in total. The number of nitrogens with two attached hydrogens (primary N) is 1. The molecule has 0 unspecified atom stereocenters. The van der Waals surface area contributed by atoms with Crippen molar-refractivity contribution in [2.75, 3.05) is 10.5 Å². The fourth-order valence-corrected chi connectivity index (χ4v) is 1.70. The van der Waals surface area contributed by atoms with Crippen molar-refractivity contribution in [1.29, 1.82) is 0 Å². The summed E-state index contributed by atoms with van der Waals surface area (Å²) in [5.74, 6) is 0. The van der Waals surface area contributed by atoms with E-state index in [1.807, 2.05) is 0 Å². The molecule has 0 saturated heterocycles. The molecule has 0 amide bonds. The second-order valence-electron chi connectivity index (χ2n) is 2.43. The van der Waals surface area contributed by atoms with Gasteiger partial charge in [-0.15, -0.1) is 0 Å². The van der Waals surface area contributed by atoms with Gasteiger partial charge >= 0.3 is 10.3 Å². The van der Waals surface area contributed by atoms with Crippen LogP contribution in [-0.2, 0) is 10.3 Å². The Kier molecular flexibility index (Phi) is 3.10. The Morgan fingerprint density at radius 2 is 1.93 bits per heavy atom. The zero-order chi connectivity index (χ0) is 10.9. The first kappa shape index (κ1) is 11.4. The molecule has 1 rings (SSSR count). The summed E-state index contributed by atoms with van der Waals surface area (Å²) in [6.07, 6.45) is 0. The van der Waals surface area contributed by atoms with E-state index in [-0.39, 0.29) is 21.4 Å². The van der Waals surface area contributed by atoms with Gasteiger partial charge in [0.1, 0.15) is 0 Å². The van der Waals surface area contributed by atoms with Gasteiger partial charge in [0.15, 0.2) is 0 Å². The monoisotopic (exact) mass is 256 g/mol. The summed E-state index contributed by atoms with van der Waals surface area (Å²) in [7, 11) is -4.38. The molecule has 0 fully saturated rings. The van der Waals surface area contributed by atoms with Crippen LogP contribution in [0.25, 0.3) is 0 Å². The van der Waals surface area contributed by atoms with E-state index in [2.05, 4.69) is 0 Å². The van der Waals surface area contributed by atoms with Crippen molar-refractivity contribution in [2.45, 2.75) is 0 Å². The number of nitrogen functional groups attached to an aromatic ring is 1. The number of benzene rings is 1. The van der Waals surface area contributed by atoms with E-state index in [1.165, 1.54) is 12.1 Å². The molecular formula is C6H6Cl2N2O3S. The summed E-state index contributed by atoms with van der Waals surface area (Å²) in [6.45, 7) is 0. The van der Waals surface area contributed by atoms with Crippen LogP contribution in [0.2, 0.25) is 10.0 Å². The lowest BCUT2D eigenvalue weighted by Crippen LogP contribution is -2.11. The second kappa shape index (κ2) is 3.82. The smallest absolute Gasteiger partial charge is 0.357 e. The standard InChI is InChI=1S/C6H6Cl2N2O3S/c7-3-1-4(9)6(8)5(2-3)10-14(11,12)13/h1-2,10H,9H2,(H,11,12,13). The highest BCUT2D eigenvalue weighted by atomic mass is 35.5. The first-order valence-electron chi connectivity index (χ1n) is 3.29. The normalized spacial score (nSPS) is 11.4. The van der Waals surface area contributed by atoms with Gasteiger partial charge in [0.25, 0.3) is 0 Å². The zero-order valence-corrected chi connectivity index (χ0v) is 8.99. The molecule has 0 atom stereocenters. The van der Waals surface area contributed by atoms with E-state index >= 15 is 0 Å². The van der Waals surface area contributed by atoms with Crippen LogP contribution in [0.15, 0.2) is 12.1 Å². The predicted molar refractivity (Wildman–Crippen MR) is 56.0 cm³/mol. The minimum atomic E-state index is -4.38. The number of nitrogens with one attached hydrogen (secondary N) is 1. The van der Waals surface area contributed by atoms with Crippen molar-refractivity contribution in [3.8, 4) is 0 Å². The van der Waals surface area contributed by atoms with E-state index in [4.69, 9.17) is 33.5 Å². The van der Waals surface area contributed by atoms with E-state index in [1.54, 1.807) is 4.72 Å². The zero-order valence-electron chi connectivity index (χ0n) is 6.66. The molecule has 1 aromatic rings. The summed E-state index contributed by atoms with van der Waals surface area (Å²) < 4.78 is 31.2. The summed E-state index contributed by atoms with van der Waals surface area (Å²) in [6, 6.07) is 2.59. The van der Waals surface area contributed by atoms with Crippen molar-refractivity contribution in [1.82, 2.24) is 0 Å². The minimum absolute atomic E-state index is 0.0213. The summed E-state index contributed by atoms with van der Waals surface area (Å²) in [5.41, 5.74) is 5.45. The fraction of sp³-hybridized carbons (Fsp3) is 0. The molecule has 0 spiro atoms. The SMILES string of the molecule is Nc1cc(Cl)cc(NS(=O)(=O)O)c1Cl. The third kappa shape index (κ3) is 2.91. The van der Waals surface area contributed by atoms with Crippen LogP contribution in [0, 0.1) is 0 Å². The molecule has 14 heavy (non-hydrogen) atoms. The quantitative estimate of drug-likeness (QED) is 0.556. The number of hydrogen-bond donors (Lipinski definition) is 3. The first-order valence-corrected chi connectivity index (χ1v) is 5.49. The van der Waals surface area contributed by atoms with Gasteiger partial charge in [-0.3, -0.25) is 9.27 Å². The lowest BCUT2D eigenvalue weighted by Gasteiger charge is -2.07. The maximum absolute atomic E-state index is 10.5. The van der Waals surface area contributed by atoms with Crippen LogP contribution in [0.3, 0.4) is 0 Å². The number of anilines is 2. The van der Waals surface area contributed by atoms with E-state index in [0.29, 0.717) is 0 Å². The molecule has 0 bridgehead atoms. The highest BCUT2D eigenvalue weighted by Crippen LogP contribution is 2.32. The number of hydrogen-bond acceptors (Lipinski definition) is 3. The molecule has 0 saturated carbocycles. The highest BCUT2D eigenvalue weighted by Gasteiger charge is 2.11. The molecule has 8 heteroatoms. The number of halogens is 2. The number of rotatable bonds is 2. The topological polar surface area (TPSA) is 92.4 Å². The van der Waals surface area contributed by atoms with Crippen LogP contribution >= 0.6 is 23.2 Å². The Bertz CT molecular complexity index is 460. The molecule has 0 aliphatic carbocycles. The third-order valence-corrected chi connectivity index (χ3v) is 2.42. The summed E-state index contributed by atoms with van der Waals surface area (Å²) in [4.78, 5) is 0. The van der Waals surface area contributed by atoms with Gasteiger partial charge in [-0.05, 0) is 12.1 Å². The maximum Gasteiger partial charge on any atom is 0.357 e. The van der Waals surface area contributed by atoms with E-state index in [9.17, 15) is 8.42 Å². The van der Waals surface area contributed by atoms with Crippen molar-refractivity contribution in [3.05, 3.63) is 22.2 Å². The second-order valence-corrected chi connectivity index (χ2v) is 4.40. The average molecular weight is 257 g/mol. The largest absolute Gasteiger partial charge is 0.397 e. The molecular weight excluding hydrogens is 251 g/mol. The predicted octanol–water partition coefficient (Wildman–Crippen LogP) is 1.79. The van der Waals surface area contributed by atoms with Gasteiger partial charge < -0.3 is 5.73 Å². The van der Waals surface area contributed by atoms with Gasteiger partial charge in [0, 0.05) is 5.02 Å². The molecule has 0 heterocycles. The minimum Gasteiger partial charge on any atom is -0.397 e. The Labute approximate surface area is 90.7 Å². The lowest BCUT2D eigenvalue weighted by molar-refractivity contribution is 0.490. The lowest BCUT2D eigenvalue weighted by atomic mass is 10.3. The Balaban J connectivity index is 3.22. The molecule has 0 aliphatic rings. The van der Waals surface area contributed by atoms with Crippen LogP contribution in [-0.4, -0.2) is 13.0 Å². The van der Waals surface area contributed by atoms with Gasteiger partial charge in [-0.25, -0.2) is 0 Å². The average Bonchev–Trinajstić information content (AvgIpc) is 1.96. The summed E-state index contributed by atoms with van der Waals surface area (Å²) in [5, 5.41) is 0.185. The van der Waals surface area contributed by atoms with Gasteiger partial charge in [0.2, 0.25) is 0 Å². The fourth-order valence-electron chi connectivity index (χ4n) is 0.824. The van der Waals surface area contributed by atoms with Gasteiger partial charge in [0.05, 0.1) is 16.4 Å². The van der Waals surface area contributed by atoms with Crippen molar-refractivity contribution < 1.29 is 13.0 Å². The molecule has 78 valence electrons. The highest BCUT2D eigenvalue weighted by molar-refractivity contribution is 7.87. The van der Waals surface area contributed by atoms with E-state index in [0.717, 1.165) is 0 Å². The third-order valence-electron chi connectivity index (χ3n) is 1.30. The van der Waals surface area contributed by atoms with Gasteiger partial charge in [-0.1, -0.05) is 23.2 Å². The van der Waals surface area contributed by atoms with E-state index < -0.39 is 10.3 Å². The molecule has 1 aromatic carbocycles. The maximum atomic E-state index is 10.5. The van der Waals surface area contributed by atoms with Crippen LogP contribution in [0.5, 0.6) is 0 Å². The van der Waals surface area contributed by atoms with Crippen molar-refractivity contribution in [2.24, 2.45) is 0 Å². The van der Waals surface area contributed by atoms with Crippen LogP contribution in [0.4, 0.5) is 11.4 Å². The molecule has 0 aliphatic heterocycles. The van der Waals surface area contributed by atoms with Crippen LogP contribution in [0.1, 0.15) is 0 Å². The first-order chi connectivity index (χ1) is 6.29.